The second-order valence-electron chi connectivity index (χ2n) is 4.11. The molecular formula is C14H17N3O. The first-order valence-corrected chi connectivity index (χ1v) is 6.13. The number of carbonyl (C=O) groups is 1. The van der Waals surface area contributed by atoms with Gasteiger partial charge in [-0.25, -0.2) is 0 Å². The summed E-state index contributed by atoms with van der Waals surface area (Å²) < 4.78 is 0. The van der Waals surface area contributed by atoms with E-state index in [0.29, 0.717) is 12.1 Å². The Labute approximate surface area is 107 Å². The van der Waals surface area contributed by atoms with Crippen LogP contribution in [0, 0.1) is 0 Å². The highest BCUT2D eigenvalue weighted by molar-refractivity contribution is 5.93. The third kappa shape index (κ3) is 2.97. The molecule has 0 unspecified atom stereocenters. The molecule has 0 aliphatic carbocycles. The predicted octanol–water partition coefficient (Wildman–Crippen LogP) is 2.11. The topological polar surface area (TPSA) is 49.0 Å². The lowest BCUT2D eigenvalue weighted by Crippen LogP contribution is -2.32. The number of likely N-dealkylation sites (N-methyl/N-ethyl adjacent to an activating group) is 1. The average Bonchev–Trinajstić information content (AvgIpc) is 2.94. The first-order chi connectivity index (χ1) is 8.81. The Morgan fingerprint density at radius 1 is 1.33 bits per heavy atom. The molecule has 0 aliphatic rings. The number of rotatable bonds is 5. The number of benzene rings is 1. The van der Waals surface area contributed by atoms with Crippen LogP contribution in [0.1, 0.15) is 22.8 Å². The summed E-state index contributed by atoms with van der Waals surface area (Å²) in [4.78, 5) is 14.0. The Morgan fingerprint density at radius 3 is 2.72 bits per heavy atom. The van der Waals surface area contributed by atoms with Crippen molar-refractivity contribution in [1.82, 2.24) is 15.1 Å². The fourth-order valence-corrected chi connectivity index (χ4v) is 1.86. The van der Waals surface area contributed by atoms with Gasteiger partial charge < -0.3 is 4.90 Å². The summed E-state index contributed by atoms with van der Waals surface area (Å²) in [5.74, 6) is 0.0298. The van der Waals surface area contributed by atoms with E-state index < -0.39 is 0 Å². The molecule has 0 radical (unpaired) electrons. The van der Waals surface area contributed by atoms with Gasteiger partial charge in [-0.05, 0) is 18.9 Å². The molecule has 2 aromatic rings. The Balaban J connectivity index is 1.96. The minimum Gasteiger partial charge on any atom is -0.338 e. The van der Waals surface area contributed by atoms with E-state index in [2.05, 4.69) is 22.3 Å². The van der Waals surface area contributed by atoms with Crippen LogP contribution in [-0.2, 0) is 6.42 Å². The molecule has 1 aromatic heterocycles. The van der Waals surface area contributed by atoms with E-state index >= 15 is 0 Å². The number of aromatic nitrogens is 2. The normalized spacial score (nSPS) is 10.3. The van der Waals surface area contributed by atoms with Gasteiger partial charge in [-0.2, -0.15) is 5.10 Å². The van der Waals surface area contributed by atoms with Crippen molar-refractivity contribution < 1.29 is 4.79 Å². The van der Waals surface area contributed by atoms with Crippen LogP contribution < -0.4 is 0 Å². The van der Waals surface area contributed by atoms with Crippen LogP contribution in [0.5, 0.6) is 0 Å². The average molecular weight is 243 g/mol. The zero-order valence-corrected chi connectivity index (χ0v) is 10.5. The maximum atomic E-state index is 12.1. The standard InChI is InChI=1S/C14H17N3O/c1-2-17(14(18)13-10-15-16-11-13)9-8-12-6-4-3-5-7-12/h3-7,10-11H,2,8-9H2,1H3,(H,15,16). The van der Waals surface area contributed by atoms with Gasteiger partial charge in [-0.1, -0.05) is 30.3 Å². The maximum absolute atomic E-state index is 12.1. The van der Waals surface area contributed by atoms with Gasteiger partial charge in [-0.15, -0.1) is 0 Å². The largest absolute Gasteiger partial charge is 0.338 e. The third-order valence-corrected chi connectivity index (χ3v) is 2.93. The van der Waals surface area contributed by atoms with E-state index in [1.807, 2.05) is 30.0 Å². The molecule has 1 N–H and O–H groups in total. The summed E-state index contributed by atoms with van der Waals surface area (Å²) in [5.41, 5.74) is 1.86. The van der Waals surface area contributed by atoms with Crippen molar-refractivity contribution >= 4 is 5.91 Å². The second kappa shape index (κ2) is 6.00. The molecule has 1 heterocycles. The van der Waals surface area contributed by atoms with E-state index in [1.54, 1.807) is 12.4 Å². The number of hydrogen-bond donors (Lipinski definition) is 1. The maximum Gasteiger partial charge on any atom is 0.257 e. The van der Waals surface area contributed by atoms with Crippen molar-refractivity contribution in [2.24, 2.45) is 0 Å². The minimum absolute atomic E-state index is 0.0298. The number of carbonyl (C=O) groups excluding carboxylic acids is 1. The Hall–Kier alpha value is -2.10. The Kier molecular flexibility index (Phi) is 4.12. The molecular weight excluding hydrogens is 226 g/mol. The number of H-pyrrole nitrogens is 1. The van der Waals surface area contributed by atoms with Crippen LogP contribution in [-0.4, -0.2) is 34.1 Å². The molecule has 0 aliphatic heterocycles. The molecule has 0 saturated carbocycles. The lowest BCUT2D eigenvalue weighted by atomic mass is 10.1. The van der Waals surface area contributed by atoms with Gasteiger partial charge in [0.2, 0.25) is 0 Å². The molecule has 94 valence electrons. The molecule has 1 amide bonds. The van der Waals surface area contributed by atoms with Gasteiger partial charge >= 0.3 is 0 Å². The SMILES string of the molecule is CCN(CCc1ccccc1)C(=O)c1cn[nH]c1. The molecule has 18 heavy (non-hydrogen) atoms. The number of hydrogen-bond acceptors (Lipinski definition) is 2. The molecule has 0 saturated heterocycles. The van der Waals surface area contributed by atoms with Crippen LogP contribution in [0.4, 0.5) is 0 Å². The van der Waals surface area contributed by atoms with Crippen molar-refractivity contribution in [3.8, 4) is 0 Å². The lowest BCUT2D eigenvalue weighted by molar-refractivity contribution is 0.0766. The summed E-state index contributed by atoms with van der Waals surface area (Å²) in [5, 5.41) is 6.47. The van der Waals surface area contributed by atoms with E-state index in [9.17, 15) is 4.79 Å². The zero-order chi connectivity index (χ0) is 12.8. The summed E-state index contributed by atoms with van der Waals surface area (Å²) in [6.07, 6.45) is 4.07. The highest BCUT2D eigenvalue weighted by Gasteiger charge is 2.14. The van der Waals surface area contributed by atoms with Crippen LogP contribution >= 0.6 is 0 Å². The lowest BCUT2D eigenvalue weighted by Gasteiger charge is -2.20. The van der Waals surface area contributed by atoms with Gasteiger partial charge in [0, 0.05) is 19.3 Å². The fourth-order valence-electron chi connectivity index (χ4n) is 1.86. The van der Waals surface area contributed by atoms with Crippen molar-refractivity contribution in [2.75, 3.05) is 13.1 Å². The predicted molar refractivity (Wildman–Crippen MR) is 70.3 cm³/mol. The summed E-state index contributed by atoms with van der Waals surface area (Å²) in [6, 6.07) is 10.2. The number of nitrogens with one attached hydrogen (secondary N) is 1. The quantitative estimate of drug-likeness (QED) is 0.874. The van der Waals surface area contributed by atoms with Crippen LogP contribution in [0.2, 0.25) is 0 Å². The molecule has 4 nitrogen and oxygen atoms in total. The van der Waals surface area contributed by atoms with Gasteiger partial charge in [0.15, 0.2) is 0 Å². The smallest absolute Gasteiger partial charge is 0.257 e. The van der Waals surface area contributed by atoms with Gasteiger partial charge in [0.1, 0.15) is 0 Å². The molecule has 1 aromatic carbocycles. The number of nitrogens with zero attached hydrogens (tertiary/aromatic N) is 2. The van der Waals surface area contributed by atoms with E-state index in [-0.39, 0.29) is 5.91 Å². The Morgan fingerprint density at radius 2 is 2.11 bits per heavy atom. The number of aromatic amines is 1. The van der Waals surface area contributed by atoms with Crippen LogP contribution in [0.15, 0.2) is 42.7 Å². The Bertz CT molecular complexity index is 479. The fraction of sp³-hybridized carbons (Fsp3) is 0.286. The highest BCUT2D eigenvalue weighted by Crippen LogP contribution is 2.05. The van der Waals surface area contributed by atoms with Crippen molar-refractivity contribution in [3.05, 3.63) is 53.9 Å². The summed E-state index contributed by atoms with van der Waals surface area (Å²) in [6.45, 7) is 3.42. The molecule has 0 bridgehead atoms. The monoisotopic (exact) mass is 243 g/mol. The first kappa shape index (κ1) is 12.4. The van der Waals surface area contributed by atoms with Crippen LogP contribution in [0.3, 0.4) is 0 Å². The van der Waals surface area contributed by atoms with Gasteiger partial charge in [-0.3, -0.25) is 9.89 Å². The van der Waals surface area contributed by atoms with E-state index in [4.69, 9.17) is 0 Å². The summed E-state index contributed by atoms with van der Waals surface area (Å²) >= 11 is 0. The first-order valence-electron chi connectivity index (χ1n) is 6.13. The molecule has 0 atom stereocenters. The summed E-state index contributed by atoms with van der Waals surface area (Å²) in [7, 11) is 0. The van der Waals surface area contributed by atoms with Crippen molar-refractivity contribution in [3.63, 3.8) is 0 Å². The highest BCUT2D eigenvalue weighted by atomic mass is 16.2. The van der Waals surface area contributed by atoms with Gasteiger partial charge in [0.25, 0.3) is 5.91 Å². The van der Waals surface area contributed by atoms with Gasteiger partial charge in [0.05, 0.1) is 11.8 Å². The van der Waals surface area contributed by atoms with E-state index in [0.717, 1.165) is 13.0 Å². The third-order valence-electron chi connectivity index (χ3n) is 2.93. The zero-order valence-electron chi connectivity index (χ0n) is 10.5. The van der Waals surface area contributed by atoms with Crippen molar-refractivity contribution in [1.29, 1.82) is 0 Å². The van der Waals surface area contributed by atoms with Crippen LogP contribution in [0.25, 0.3) is 0 Å². The molecule has 0 fully saturated rings. The van der Waals surface area contributed by atoms with Crippen molar-refractivity contribution in [2.45, 2.75) is 13.3 Å². The minimum atomic E-state index is 0.0298. The molecule has 4 heteroatoms. The second-order valence-corrected chi connectivity index (χ2v) is 4.11. The number of amides is 1. The molecule has 0 spiro atoms. The molecule has 2 rings (SSSR count). The van der Waals surface area contributed by atoms with E-state index in [1.165, 1.54) is 5.56 Å².